The maximum Gasteiger partial charge on any atom is 0.336 e. The first-order valence-electron chi connectivity index (χ1n) is 6.74. The van der Waals surface area contributed by atoms with Gasteiger partial charge in [-0.25, -0.2) is 4.79 Å². The number of rotatable bonds is 11. The highest BCUT2D eigenvalue weighted by atomic mass is 16.6. The fourth-order valence-corrected chi connectivity index (χ4v) is 1.66. The molecule has 14 heteroatoms. The van der Waals surface area contributed by atoms with Crippen molar-refractivity contribution in [3.8, 4) is 0 Å². The highest BCUT2D eigenvalue weighted by Crippen LogP contribution is 2.18. The number of aliphatic carboxylic acids is 2. The Kier molecular flexibility index (Phi) is 11.1. The second kappa shape index (κ2) is 10.9. The SMILES string of the molecule is N.O=C(O)CC(O)(CC(=O)OC(O)[C@H](O)[C@@H](O)[C@H](O)[C@H](O)CO)C(=O)O. The predicted octanol–water partition coefficient (Wildman–Crippen LogP) is -4.87. The molecule has 6 atom stereocenters. The molecule has 0 aromatic carbocycles. The zero-order valence-corrected chi connectivity index (χ0v) is 13.4. The first-order chi connectivity index (χ1) is 11.4. The van der Waals surface area contributed by atoms with E-state index in [0.717, 1.165) is 0 Å². The lowest BCUT2D eigenvalue weighted by molar-refractivity contribution is -0.217. The Morgan fingerprint density at radius 3 is 1.77 bits per heavy atom. The molecule has 0 fully saturated rings. The monoisotopic (exact) mass is 389 g/mol. The smallest absolute Gasteiger partial charge is 0.336 e. The fraction of sp³-hybridized carbons (Fsp3) is 0.750. The lowest BCUT2D eigenvalue weighted by Crippen LogP contribution is -2.51. The minimum atomic E-state index is -3.04. The van der Waals surface area contributed by atoms with Crippen molar-refractivity contribution in [2.24, 2.45) is 0 Å². The van der Waals surface area contributed by atoms with E-state index in [-0.39, 0.29) is 6.15 Å². The predicted molar refractivity (Wildman–Crippen MR) is 77.7 cm³/mol. The van der Waals surface area contributed by atoms with Gasteiger partial charge in [0.1, 0.15) is 24.4 Å². The van der Waals surface area contributed by atoms with Crippen molar-refractivity contribution in [2.45, 2.75) is 49.1 Å². The van der Waals surface area contributed by atoms with E-state index in [1.807, 2.05) is 0 Å². The Morgan fingerprint density at radius 2 is 1.38 bits per heavy atom. The summed E-state index contributed by atoms with van der Waals surface area (Å²) in [7, 11) is 0. The number of carbonyl (C=O) groups is 3. The Morgan fingerprint density at radius 1 is 0.885 bits per heavy atom. The quantitative estimate of drug-likeness (QED) is 0.117. The molecule has 0 amide bonds. The first kappa shape index (κ1) is 26.3. The standard InChI is InChI=1S/C12H20O13.H3N/c13-3-4(14)7(18)8(19)9(20)10(21)25-6(17)2-12(24,11(22)23)1-5(15)16;/h4,7-10,13-14,18-21,24H,1-3H2,(H,15,16)(H,22,23);1H3/t4-,7-,8+,9-,10?,12?;/m1./s1. The molecule has 0 aliphatic rings. The average Bonchev–Trinajstić information content (AvgIpc) is 2.50. The molecule has 0 aromatic rings. The van der Waals surface area contributed by atoms with Gasteiger partial charge in [-0.3, -0.25) is 9.59 Å². The zero-order valence-electron chi connectivity index (χ0n) is 13.4. The molecule has 14 nitrogen and oxygen atoms in total. The van der Waals surface area contributed by atoms with Crippen LogP contribution in [0.4, 0.5) is 0 Å². The molecule has 0 spiro atoms. The van der Waals surface area contributed by atoms with E-state index >= 15 is 0 Å². The van der Waals surface area contributed by atoms with Gasteiger partial charge in [0, 0.05) is 0 Å². The van der Waals surface area contributed by atoms with Gasteiger partial charge < -0.3 is 56.8 Å². The Labute approximate surface area is 146 Å². The summed E-state index contributed by atoms with van der Waals surface area (Å²) in [5, 5.41) is 82.3. The van der Waals surface area contributed by atoms with Crippen LogP contribution in [0.25, 0.3) is 0 Å². The van der Waals surface area contributed by atoms with Crippen LogP contribution in [0, 0.1) is 0 Å². The number of esters is 1. The number of aliphatic hydroxyl groups is 7. The molecular weight excluding hydrogens is 366 g/mol. The van der Waals surface area contributed by atoms with Crippen molar-refractivity contribution < 1.29 is 65.1 Å². The molecular formula is C12H23NO13. The zero-order chi connectivity index (χ0) is 19.9. The van der Waals surface area contributed by atoms with Crippen molar-refractivity contribution >= 4 is 17.9 Å². The van der Waals surface area contributed by atoms with Crippen molar-refractivity contribution in [3.63, 3.8) is 0 Å². The van der Waals surface area contributed by atoms with E-state index in [4.69, 9.17) is 20.4 Å². The molecule has 12 N–H and O–H groups in total. The maximum atomic E-state index is 11.5. The van der Waals surface area contributed by atoms with Gasteiger partial charge in [-0.15, -0.1) is 0 Å². The highest BCUT2D eigenvalue weighted by Gasteiger charge is 2.43. The number of hydrogen-bond acceptors (Lipinski definition) is 12. The van der Waals surface area contributed by atoms with Gasteiger partial charge in [0.2, 0.25) is 6.29 Å². The van der Waals surface area contributed by atoms with E-state index < -0.39 is 73.7 Å². The van der Waals surface area contributed by atoms with Crippen LogP contribution in [0.1, 0.15) is 12.8 Å². The van der Waals surface area contributed by atoms with Crippen molar-refractivity contribution in [1.82, 2.24) is 6.15 Å². The summed E-state index contributed by atoms with van der Waals surface area (Å²) in [6, 6.07) is 0. The molecule has 0 aliphatic carbocycles. The Hall–Kier alpha value is -1.91. The topological polar surface area (TPSA) is 278 Å². The lowest BCUT2D eigenvalue weighted by Gasteiger charge is -2.28. The van der Waals surface area contributed by atoms with Crippen LogP contribution < -0.4 is 6.15 Å². The largest absolute Gasteiger partial charge is 0.481 e. The van der Waals surface area contributed by atoms with Crippen molar-refractivity contribution in [2.75, 3.05) is 6.61 Å². The normalized spacial score (nSPS) is 19.0. The molecule has 0 saturated heterocycles. The lowest BCUT2D eigenvalue weighted by atomic mass is 9.96. The van der Waals surface area contributed by atoms with Gasteiger partial charge >= 0.3 is 17.9 Å². The molecule has 154 valence electrons. The maximum absolute atomic E-state index is 11.5. The molecule has 0 rings (SSSR count). The molecule has 0 aliphatic heterocycles. The fourth-order valence-electron chi connectivity index (χ4n) is 1.66. The summed E-state index contributed by atoms with van der Waals surface area (Å²) in [6.07, 6.45) is -14.0. The van der Waals surface area contributed by atoms with E-state index in [2.05, 4.69) is 4.74 Å². The molecule has 0 saturated carbocycles. The number of carboxylic acid groups (broad SMARTS) is 2. The summed E-state index contributed by atoms with van der Waals surface area (Å²) in [6.45, 7) is -0.998. The van der Waals surface area contributed by atoms with Gasteiger partial charge in [-0.05, 0) is 0 Å². The van der Waals surface area contributed by atoms with Gasteiger partial charge in [0.25, 0.3) is 0 Å². The van der Waals surface area contributed by atoms with Crippen LogP contribution in [0.15, 0.2) is 0 Å². The van der Waals surface area contributed by atoms with E-state index in [0.29, 0.717) is 0 Å². The molecule has 0 aromatic heterocycles. The highest BCUT2D eigenvalue weighted by molar-refractivity contribution is 5.88. The summed E-state index contributed by atoms with van der Waals surface area (Å²) in [4.78, 5) is 32.9. The number of ether oxygens (including phenoxy) is 1. The number of hydrogen-bond donors (Lipinski definition) is 10. The van der Waals surface area contributed by atoms with E-state index in [1.54, 1.807) is 0 Å². The number of carboxylic acids is 2. The average molecular weight is 389 g/mol. The Bertz CT molecular complexity index is 486. The summed E-state index contributed by atoms with van der Waals surface area (Å²) in [5.41, 5.74) is -3.04. The molecule has 0 bridgehead atoms. The number of carbonyl (C=O) groups excluding carboxylic acids is 1. The van der Waals surface area contributed by atoms with Crippen LogP contribution in [0.3, 0.4) is 0 Å². The van der Waals surface area contributed by atoms with Gasteiger partial charge in [-0.1, -0.05) is 0 Å². The van der Waals surface area contributed by atoms with Crippen LogP contribution in [0.2, 0.25) is 0 Å². The molecule has 26 heavy (non-hydrogen) atoms. The van der Waals surface area contributed by atoms with Crippen molar-refractivity contribution in [1.29, 1.82) is 0 Å². The molecule has 0 heterocycles. The van der Waals surface area contributed by atoms with Crippen LogP contribution in [0.5, 0.6) is 0 Å². The Balaban J connectivity index is 0. The van der Waals surface area contributed by atoms with Crippen LogP contribution in [-0.2, 0) is 19.1 Å². The summed E-state index contributed by atoms with van der Waals surface area (Å²) in [5.74, 6) is -5.43. The van der Waals surface area contributed by atoms with Crippen molar-refractivity contribution in [3.05, 3.63) is 0 Å². The summed E-state index contributed by atoms with van der Waals surface area (Å²) >= 11 is 0. The van der Waals surface area contributed by atoms with Gasteiger partial charge in [0.05, 0.1) is 19.4 Å². The third-order valence-corrected chi connectivity index (χ3v) is 3.10. The van der Waals surface area contributed by atoms with Crippen LogP contribution in [-0.4, -0.2) is 107 Å². The third kappa shape index (κ3) is 7.54. The van der Waals surface area contributed by atoms with Gasteiger partial charge in [0.15, 0.2) is 5.60 Å². The second-order valence-electron chi connectivity index (χ2n) is 5.19. The second-order valence-corrected chi connectivity index (χ2v) is 5.19. The minimum Gasteiger partial charge on any atom is -0.481 e. The minimum absolute atomic E-state index is 0. The molecule has 0 radical (unpaired) electrons. The number of aliphatic hydroxyl groups excluding tert-OH is 6. The third-order valence-electron chi connectivity index (χ3n) is 3.10. The first-order valence-corrected chi connectivity index (χ1v) is 6.74. The van der Waals surface area contributed by atoms with Gasteiger partial charge in [-0.2, -0.15) is 0 Å². The van der Waals surface area contributed by atoms with E-state index in [9.17, 15) is 39.9 Å². The van der Waals surface area contributed by atoms with E-state index in [1.165, 1.54) is 0 Å². The molecule has 2 unspecified atom stereocenters. The summed E-state index contributed by atoms with van der Waals surface area (Å²) < 4.78 is 4.16. The van der Waals surface area contributed by atoms with Crippen LogP contribution >= 0.6 is 0 Å².